The molecule has 2 aromatic carbocycles. The van der Waals surface area contributed by atoms with E-state index in [2.05, 4.69) is 5.32 Å². The maximum atomic E-state index is 12.6. The molecule has 6 nitrogen and oxygen atoms in total. The fourth-order valence-corrected chi connectivity index (χ4v) is 2.96. The molecule has 0 saturated heterocycles. The van der Waals surface area contributed by atoms with Gasteiger partial charge in [-0.15, -0.1) is 11.8 Å². The predicted octanol–water partition coefficient (Wildman–Crippen LogP) is 3.06. The minimum Gasteiger partial charge on any atom is -0.481 e. The second kappa shape index (κ2) is 9.23. The number of benzene rings is 2. The lowest BCUT2D eigenvalue weighted by atomic mass is 10.0. The van der Waals surface area contributed by atoms with E-state index in [9.17, 15) is 19.5 Å². The average Bonchev–Trinajstić information content (AvgIpc) is 2.66. The molecule has 0 heterocycles. The van der Waals surface area contributed by atoms with Gasteiger partial charge in [0, 0.05) is 30.1 Å². The molecule has 2 rings (SSSR count). The van der Waals surface area contributed by atoms with Crippen molar-refractivity contribution in [1.29, 1.82) is 0 Å². The van der Waals surface area contributed by atoms with E-state index in [4.69, 9.17) is 0 Å². The average molecular weight is 386 g/mol. The van der Waals surface area contributed by atoms with Crippen LogP contribution < -0.4 is 5.32 Å². The SMILES string of the molecule is CSc1ccc(C(CC(=O)O)NC(=O)c2cccc(C(=O)N(C)C)c2)cc1. The third kappa shape index (κ3) is 5.59. The molecule has 142 valence electrons. The summed E-state index contributed by atoms with van der Waals surface area (Å²) in [5, 5.41) is 12.0. The summed E-state index contributed by atoms with van der Waals surface area (Å²) in [5.41, 5.74) is 1.41. The number of nitrogens with one attached hydrogen (secondary N) is 1. The number of aliphatic carboxylic acids is 1. The van der Waals surface area contributed by atoms with Crippen molar-refractivity contribution in [3.8, 4) is 0 Å². The highest BCUT2D eigenvalue weighted by Crippen LogP contribution is 2.22. The largest absolute Gasteiger partial charge is 0.481 e. The van der Waals surface area contributed by atoms with Crippen LogP contribution >= 0.6 is 11.8 Å². The first-order valence-electron chi connectivity index (χ1n) is 8.30. The molecule has 2 amide bonds. The molecular formula is C20H22N2O4S. The Labute approximate surface area is 162 Å². The highest BCUT2D eigenvalue weighted by Gasteiger charge is 2.20. The molecule has 0 fully saturated rings. The van der Waals surface area contributed by atoms with Crippen LogP contribution in [0, 0.1) is 0 Å². The van der Waals surface area contributed by atoms with Crippen LogP contribution in [0.2, 0.25) is 0 Å². The van der Waals surface area contributed by atoms with Gasteiger partial charge in [0.2, 0.25) is 0 Å². The molecule has 0 radical (unpaired) electrons. The van der Waals surface area contributed by atoms with E-state index in [0.717, 1.165) is 4.90 Å². The van der Waals surface area contributed by atoms with Crippen molar-refractivity contribution in [3.63, 3.8) is 0 Å². The number of carboxylic acids is 1. The molecule has 7 heteroatoms. The molecule has 0 aliphatic carbocycles. The lowest BCUT2D eigenvalue weighted by Gasteiger charge is -2.18. The Kier molecular flexibility index (Phi) is 7.01. The quantitative estimate of drug-likeness (QED) is 0.714. The summed E-state index contributed by atoms with van der Waals surface area (Å²) >= 11 is 1.58. The van der Waals surface area contributed by atoms with Crippen LogP contribution in [0.4, 0.5) is 0 Å². The fraction of sp³-hybridized carbons (Fsp3) is 0.250. The number of nitrogens with zero attached hydrogens (tertiary/aromatic N) is 1. The lowest BCUT2D eigenvalue weighted by Crippen LogP contribution is -2.30. The Hall–Kier alpha value is -2.80. The van der Waals surface area contributed by atoms with Crippen molar-refractivity contribution >= 4 is 29.5 Å². The van der Waals surface area contributed by atoms with Gasteiger partial charge in [0.25, 0.3) is 11.8 Å². The zero-order valence-corrected chi connectivity index (χ0v) is 16.2. The molecule has 2 aromatic rings. The van der Waals surface area contributed by atoms with Gasteiger partial charge in [-0.2, -0.15) is 0 Å². The zero-order chi connectivity index (χ0) is 20.0. The first-order chi connectivity index (χ1) is 12.8. The van der Waals surface area contributed by atoms with Crippen molar-refractivity contribution in [1.82, 2.24) is 10.2 Å². The van der Waals surface area contributed by atoms with Gasteiger partial charge < -0.3 is 15.3 Å². The van der Waals surface area contributed by atoms with Crippen LogP contribution in [-0.4, -0.2) is 48.1 Å². The van der Waals surface area contributed by atoms with E-state index >= 15 is 0 Å². The van der Waals surface area contributed by atoms with Gasteiger partial charge >= 0.3 is 5.97 Å². The van der Waals surface area contributed by atoms with E-state index in [1.807, 2.05) is 30.5 Å². The maximum absolute atomic E-state index is 12.6. The smallest absolute Gasteiger partial charge is 0.305 e. The molecule has 0 aromatic heterocycles. The van der Waals surface area contributed by atoms with Crippen LogP contribution in [0.3, 0.4) is 0 Å². The van der Waals surface area contributed by atoms with E-state index in [1.165, 1.54) is 11.0 Å². The molecule has 0 aliphatic rings. The molecular weight excluding hydrogens is 364 g/mol. The summed E-state index contributed by atoms with van der Waals surface area (Å²) in [5.74, 6) is -1.64. The third-order valence-corrected chi connectivity index (χ3v) is 4.72. The van der Waals surface area contributed by atoms with Crippen molar-refractivity contribution < 1.29 is 19.5 Å². The number of hydrogen-bond acceptors (Lipinski definition) is 4. The predicted molar refractivity (Wildman–Crippen MR) is 105 cm³/mol. The number of carboxylic acid groups (broad SMARTS) is 1. The van der Waals surface area contributed by atoms with Crippen LogP contribution in [0.1, 0.15) is 38.7 Å². The summed E-state index contributed by atoms with van der Waals surface area (Å²) in [6.07, 6.45) is 1.72. The normalized spacial score (nSPS) is 11.5. The van der Waals surface area contributed by atoms with Crippen molar-refractivity contribution in [2.24, 2.45) is 0 Å². The molecule has 0 aliphatic heterocycles. The Morgan fingerprint density at radius 2 is 1.70 bits per heavy atom. The maximum Gasteiger partial charge on any atom is 0.305 e. The monoisotopic (exact) mass is 386 g/mol. The van der Waals surface area contributed by atoms with E-state index in [-0.39, 0.29) is 12.3 Å². The summed E-state index contributed by atoms with van der Waals surface area (Å²) < 4.78 is 0. The van der Waals surface area contributed by atoms with E-state index in [0.29, 0.717) is 16.7 Å². The van der Waals surface area contributed by atoms with Crippen molar-refractivity contribution in [2.45, 2.75) is 17.4 Å². The Balaban J connectivity index is 2.24. The minimum absolute atomic E-state index is 0.209. The van der Waals surface area contributed by atoms with E-state index in [1.54, 1.807) is 44.1 Å². The summed E-state index contributed by atoms with van der Waals surface area (Å²) in [6.45, 7) is 0. The number of rotatable bonds is 7. The van der Waals surface area contributed by atoms with Crippen LogP contribution in [0.5, 0.6) is 0 Å². The van der Waals surface area contributed by atoms with Gasteiger partial charge in [-0.25, -0.2) is 0 Å². The molecule has 2 N–H and O–H groups in total. The van der Waals surface area contributed by atoms with Crippen LogP contribution in [-0.2, 0) is 4.79 Å². The zero-order valence-electron chi connectivity index (χ0n) is 15.4. The van der Waals surface area contributed by atoms with Crippen molar-refractivity contribution in [3.05, 3.63) is 65.2 Å². The Morgan fingerprint density at radius 1 is 1.07 bits per heavy atom. The highest BCUT2D eigenvalue weighted by atomic mass is 32.2. The van der Waals surface area contributed by atoms with E-state index < -0.39 is 17.9 Å². The molecule has 1 atom stereocenters. The van der Waals surface area contributed by atoms with Gasteiger partial charge in [-0.3, -0.25) is 14.4 Å². The van der Waals surface area contributed by atoms with Crippen LogP contribution in [0.15, 0.2) is 53.4 Å². The van der Waals surface area contributed by atoms with Crippen molar-refractivity contribution in [2.75, 3.05) is 20.4 Å². The molecule has 1 unspecified atom stereocenters. The standard InChI is InChI=1S/C20H22N2O4S/c1-22(2)20(26)15-6-4-5-14(11-15)19(25)21-17(12-18(23)24)13-7-9-16(27-3)10-8-13/h4-11,17H,12H2,1-3H3,(H,21,25)(H,23,24). The summed E-state index contributed by atoms with van der Waals surface area (Å²) in [7, 11) is 3.27. The minimum atomic E-state index is -1.01. The number of amides is 2. The second-order valence-electron chi connectivity index (χ2n) is 6.18. The van der Waals surface area contributed by atoms with Crippen LogP contribution in [0.25, 0.3) is 0 Å². The Bertz CT molecular complexity index is 834. The fourth-order valence-electron chi connectivity index (χ4n) is 2.56. The van der Waals surface area contributed by atoms with Gasteiger partial charge in [0.05, 0.1) is 12.5 Å². The lowest BCUT2D eigenvalue weighted by molar-refractivity contribution is -0.137. The molecule has 0 spiro atoms. The third-order valence-electron chi connectivity index (χ3n) is 3.98. The number of carbonyl (C=O) groups is 3. The topological polar surface area (TPSA) is 86.7 Å². The number of carbonyl (C=O) groups excluding carboxylic acids is 2. The van der Waals surface area contributed by atoms with Gasteiger partial charge in [0.15, 0.2) is 0 Å². The van der Waals surface area contributed by atoms with Gasteiger partial charge in [-0.1, -0.05) is 18.2 Å². The van der Waals surface area contributed by atoms with Gasteiger partial charge in [-0.05, 0) is 42.2 Å². The number of thioether (sulfide) groups is 1. The summed E-state index contributed by atoms with van der Waals surface area (Å²) in [6, 6.07) is 13.1. The first kappa shape index (κ1) is 20.5. The molecule has 0 bridgehead atoms. The molecule has 0 saturated carbocycles. The Morgan fingerprint density at radius 3 is 2.26 bits per heavy atom. The summed E-state index contributed by atoms with van der Waals surface area (Å²) in [4.78, 5) is 38.4. The number of hydrogen-bond donors (Lipinski definition) is 2. The second-order valence-corrected chi connectivity index (χ2v) is 7.06. The van der Waals surface area contributed by atoms with Gasteiger partial charge in [0.1, 0.15) is 0 Å². The first-order valence-corrected chi connectivity index (χ1v) is 9.52. The highest BCUT2D eigenvalue weighted by molar-refractivity contribution is 7.98. The molecule has 27 heavy (non-hydrogen) atoms.